The molecule has 0 aliphatic carbocycles. The lowest BCUT2D eigenvalue weighted by molar-refractivity contribution is 0.330. The quantitative estimate of drug-likeness (QED) is 0.859. The molecule has 2 rings (SSSR count). The van der Waals surface area contributed by atoms with Gasteiger partial charge in [0.1, 0.15) is 5.01 Å². The first-order valence-corrected chi connectivity index (χ1v) is 7.94. The molecule has 1 aliphatic heterocycles. The van der Waals surface area contributed by atoms with Gasteiger partial charge in [-0.2, -0.15) is 0 Å². The molecule has 0 amide bonds. The summed E-state index contributed by atoms with van der Waals surface area (Å²) in [6, 6.07) is 0.541. The van der Waals surface area contributed by atoms with Crippen molar-refractivity contribution in [2.45, 2.75) is 59.2 Å². The van der Waals surface area contributed by atoms with Gasteiger partial charge >= 0.3 is 0 Å². The predicted molar refractivity (Wildman–Crippen MR) is 78.0 cm³/mol. The van der Waals surface area contributed by atoms with Gasteiger partial charge in [-0.25, -0.2) is 4.98 Å². The first kappa shape index (κ1) is 14.0. The van der Waals surface area contributed by atoms with Crippen molar-refractivity contribution in [3.63, 3.8) is 0 Å². The zero-order valence-corrected chi connectivity index (χ0v) is 12.6. The Morgan fingerprint density at radius 2 is 2.06 bits per heavy atom. The Bertz CT molecular complexity index is 367. The highest BCUT2D eigenvalue weighted by molar-refractivity contribution is 7.11. The SMILES string of the molecule is CCc1nc(CN2CCCC2)sc1CNC(C)C. The summed E-state index contributed by atoms with van der Waals surface area (Å²) in [7, 11) is 0. The van der Waals surface area contributed by atoms with Crippen LogP contribution in [0.4, 0.5) is 0 Å². The maximum atomic E-state index is 4.81. The molecule has 0 radical (unpaired) electrons. The Kier molecular flexibility index (Phi) is 5.15. The number of likely N-dealkylation sites (tertiary alicyclic amines) is 1. The van der Waals surface area contributed by atoms with Gasteiger partial charge in [0.05, 0.1) is 12.2 Å². The van der Waals surface area contributed by atoms with Crippen molar-refractivity contribution in [2.75, 3.05) is 13.1 Å². The highest BCUT2D eigenvalue weighted by Crippen LogP contribution is 2.22. The zero-order chi connectivity index (χ0) is 13.0. The van der Waals surface area contributed by atoms with Crippen LogP contribution in [-0.2, 0) is 19.5 Å². The van der Waals surface area contributed by atoms with E-state index in [2.05, 4.69) is 31.0 Å². The molecule has 1 aromatic heterocycles. The third kappa shape index (κ3) is 3.77. The minimum Gasteiger partial charge on any atom is -0.310 e. The van der Waals surface area contributed by atoms with E-state index in [-0.39, 0.29) is 0 Å². The first-order chi connectivity index (χ1) is 8.69. The van der Waals surface area contributed by atoms with E-state index in [4.69, 9.17) is 4.98 Å². The Balaban J connectivity index is 1.98. The standard InChI is InChI=1S/C14H25N3S/c1-4-12-13(9-15-11(2)3)18-14(16-12)10-17-7-5-6-8-17/h11,15H,4-10H2,1-3H3. The molecule has 4 heteroatoms. The Labute approximate surface area is 115 Å². The molecule has 1 aromatic rings. The molecule has 3 nitrogen and oxygen atoms in total. The van der Waals surface area contributed by atoms with Crippen LogP contribution in [0.5, 0.6) is 0 Å². The lowest BCUT2D eigenvalue weighted by Crippen LogP contribution is -2.21. The number of nitrogens with one attached hydrogen (secondary N) is 1. The minimum absolute atomic E-state index is 0.541. The van der Waals surface area contributed by atoms with Crippen LogP contribution in [0.1, 0.15) is 49.2 Å². The van der Waals surface area contributed by atoms with E-state index < -0.39 is 0 Å². The number of aromatic nitrogens is 1. The van der Waals surface area contributed by atoms with E-state index in [0.29, 0.717) is 6.04 Å². The van der Waals surface area contributed by atoms with Crippen molar-refractivity contribution in [3.8, 4) is 0 Å². The van der Waals surface area contributed by atoms with Crippen molar-refractivity contribution in [1.29, 1.82) is 0 Å². The summed E-state index contributed by atoms with van der Waals surface area (Å²) in [5, 5.41) is 4.80. The zero-order valence-electron chi connectivity index (χ0n) is 11.8. The van der Waals surface area contributed by atoms with Gasteiger partial charge in [-0.1, -0.05) is 20.8 Å². The van der Waals surface area contributed by atoms with Crippen LogP contribution >= 0.6 is 11.3 Å². The second-order valence-corrected chi connectivity index (χ2v) is 6.52. The van der Waals surface area contributed by atoms with Crippen LogP contribution in [0.2, 0.25) is 0 Å². The molecule has 1 N–H and O–H groups in total. The summed E-state index contributed by atoms with van der Waals surface area (Å²) >= 11 is 1.90. The Morgan fingerprint density at radius 1 is 1.33 bits per heavy atom. The van der Waals surface area contributed by atoms with Crippen molar-refractivity contribution < 1.29 is 0 Å². The fourth-order valence-corrected chi connectivity index (χ4v) is 3.50. The second-order valence-electron chi connectivity index (χ2n) is 5.35. The summed E-state index contributed by atoms with van der Waals surface area (Å²) in [5.74, 6) is 0. The highest BCUT2D eigenvalue weighted by atomic mass is 32.1. The summed E-state index contributed by atoms with van der Waals surface area (Å²) < 4.78 is 0. The fourth-order valence-electron chi connectivity index (χ4n) is 2.35. The van der Waals surface area contributed by atoms with Crippen molar-refractivity contribution >= 4 is 11.3 Å². The van der Waals surface area contributed by atoms with Crippen LogP contribution in [0.25, 0.3) is 0 Å². The fraction of sp³-hybridized carbons (Fsp3) is 0.786. The minimum atomic E-state index is 0.541. The summed E-state index contributed by atoms with van der Waals surface area (Å²) in [4.78, 5) is 8.76. The number of nitrogens with zero attached hydrogens (tertiary/aromatic N) is 2. The second kappa shape index (κ2) is 6.64. The van der Waals surface area contributed by atoms with Crippen LogP contribution in [0.15, 0.2) is 0 Å². The molecule has 0 unspecified atom stereocenters. The van der Waals surface area contributed by atoms with Gasteiger partial charge in [0.15, 0.2) is 0 Å². The van der Waals surface area contributed by atoms with Crippen LogP contribution < -0.4 is 5.32 Å². The molecule has 18 heavy (non-hydrogen) atoms. The van der Waals surface area contributed by atoms with Gasteiger partial charge in [0.25, 0.3) is 0 Å². The largest absolute Gasteiger partial charge is 0.310 e. The van der Waals surface area contributed by atoms with E-state index in [1.165, 1.54) is 41.5 Å². The number of hydrogen-bond acceptors (Lipinski definition) is 4. The molecule has 0 aromatic carbocycles. The van der Waals surface area contributed by atoms with E-state index >= 15 is 0 Å². The average molecular weight is 267 g/mol. The predicted octanol–water partition coefficient (Wildman–Crippen LogP) is 2.80. The van der Waals surface area contributed by atoms with E-state index in [9.17, 15) is 0 Å². The summed E-state index contributed by atoms with van der Waals surface area (Å²) in [6.07, 6.45) is 3.76. The molecule has 0 atom stereocenters. The maximum Gasteiger partial charge on any atom is 0.107 e. The smallest absolute Gasteiger partial charge is 0.107 e. The summed E-state index contributed by atoms with van der Waals surface area (Å²) in [6.45, 7) is 11.1. The summed E-state index contributed by atoms with van der Waals surface area (Å²) in [5.41, 5.74) is 1.29. The normalized spacial score (nSPS) is 16.9. The third-order valence-corrected chi connectivity index (χ3v) is 4.47. The number of rotatable bonds is 6. The molecule has 0 spiro atoms. The van der Waals surface area contributed by atoms with Gasteiger partial charge < -0.3 is 5.32 Å². The van der Waals surface area contributed by atoms with Gasteiger partial charge in [-0.15, -0.1) is 11.3 Å². The molecular weight excluding hydrogens is 242 g/mol. The third-order valence-electron chi connectivity index (χ3n) is 3.39. The Hall–Kier alpha value is -0.450. The average Bonchev–Trinajstić information content (AvgIpc) is 2.96. The molecule has 102 valence electrons. The molecule has 0 saturated carbocycles. The molecule has 1 aliphatic rings. The van der Waals surface area contributed by atoms with Gasteiger partial charge in [-0.05, 0) is 32.4 Å². The van der Waals surface area contributed by atoms with E-state index in [1.54, 1.807) is 0 Å². The van der Waals surface area contributed by atoms with Crippen LogP contribution in [-0.4, -0.2) is 29.0 Å². The molecular formula is C14H25N3S. The van der Waals surface area contributed by atoms with Gasteiger partial charge in [0.2, 0.25) is 0 Å². The number of hydrogen-bond donors (Lipinski definition) is 1. The topological polar surface area (TPSA) is 28.2 Å². The molecule has 1 fully saturated rings. The molecule has 2 heterocycles. The van der Waals surface area contributed by atoms with Crippen LogP contribution in [0, 0.1) is 0 Å². The molecule has 1 saturated heterocycles. The number of thiazole rings is 1. The molecule has 0 bridgehead atoms. The number of aryl methyl sites for hydroxylation is 1. The van der Waals surface area contributed by atoms with Crippen molar-refractivity contribution in [3.05, 3.63) is 15.6 Å². The monoisotopic (exact) mass is 267 g/mol. The maximum absolute atomic E-state index is 4.81. The lowest BCUT2D eigenvalue weighted by atomic mass is 10.3. The van der Waals surface area contributed by atoms with E-state index in [1.807, 2.05) is 11.3 Å². The van der Waals surface area contributed by atoms with Crippen LogP contribution in [0.3, 0.4) is 0 Å². The highest BCUT2D eigenvalue weighted by Gasteiger charge is 2.16. The first-order valence-electron chi connectivity index (χ1n) is 7.12. The van der Waals surface area contributed by atoms with Crippen molar-refractivity contribution in [1.82, 2.24) is 15.2 Å². The van der Waals surface area contributed by atoms with Crippen molar-refractivity contribution in [2.24, 2.45) is 0 Å². The van der Waals surface area contributed by atoms with Gasteiger partial charge in [0, 0.05) is 17.5 Å². The Morgan fingerprint density at radius 3 is 2.67 bits per heavy atom. The van der Waals surface area contributed by atoms with E-state index in [0.717, 1.165) is 19.5 Å². The van der Waals surface area contributed by atoms with Gasteiger partial charge in [-0.3, -0.25) is 4.90 Å². The lowest BCUT2D eigenvalue weighted by Gasteiger charge is -2.11.